The van der Waals surface area contributed by atoms with Crippen LogP contribution in [0.3, 0.4) is 0 Å². The standard InChI is InChI=1S/C14H20N2O2/c1-10-4-3-5-12(8-10)15-14-9-13(16(17)18)7-6-11(14)2/h6-7,9-10,12,15H,3-5,8H2,1-2H3. The van der Waals surface area contributed by atoms with E-state index in [0.717, 1.165) is 30.0 Å². The maximum absolute atomic E-state index is 10.8. The zero-order valence-electron chi connectivity index (χ0n) is 11.0. The summed E-state index contributed by atoms with van der Waals surface area (Å²) in [6.45, 7) is 4.26. The highest BCUT2D eigenvalue weighted by atomic mass is 16.6. The molecular formula is C14H20N2O2. The third-order valence-corrected chi connectivity index (χ3v) is 3.73. The van der Waals surface area contributed by atoms with Crippen LogP contribution >= 0.6 is 0 Å². The minimum atomic E-state index is -0.339. The third-order valence-electron chi connectivity index (χ3n) is 3.73. The number of nitrogens with zero attached hydrogens (tertiary/aromatic N) is 1. The predicted molar refractivity (Wildman–Crippen MR) is 72.9 cm³/mol. The fourth-order valence-corrected chi connectivity index (χ4v) is 2.66. The summed E-state index contributed by atoms with van der Waals surface area (Å²) < 4.78 is 0. The Bertz CT molecular complexity index is 445. The molecule has 0 aliphatic heterocycles. The molecule has 1 fully saturated rings. The molecule has 18 heavy (non-hydrogen) atoms. The maximum atomic E-state index is 10.8. The largest absolute Gasteiger partial charge is 0.382 e. The number of anilines is 1. The molecule has 1 aromatic rings. The van der Waals surface area contributed by atoms with Gasteiger partial charge in [-0.15, -0.1) is 0 Å². The number of aryl methyl sites for hydroxylation is 1. The van der Waals surface area contributed by atoms with Crippen molar-refractivity contribution >= 4 is 11.4 Å². The van der Waals surface area contributed by atoms with Crippen molar-refractivity contribution in [2.75, 3.05) is 5.32 Å². The van der Waals surface area contributed by atoms with E-state index in [0.29, 0.717) is 6.04 Å². The smallest absolute Gasteiger partial charge is 0.271 e. The second-order valence-electron chi connectivity index (χ2n) is 5.37. The Morgan fingerprint density at radius 1 is 1.39 bits per heavy atom. The van der Waals surface area contributed by atoms with Crippen LogP contribution in [0.5, 0.6) is 0 Å². The van der Waals surface area contributed by atoms with E-state index in [4.69, 9.17) is 0 Å². The Hall–Kier alpha value is -1.58. The monoisotopic (exact) mass is 248 g/mol. The van der Waals surface area contributed by atoms with Crippen LogP contribution in [0.25, 0.3) is 0 Å². The van der Waals surface area contributed by atoms with Crippen LogP contribution < -0.4 is 5.32 Å². The van der Waals surface area contributed by atoms with Crippen LogP contribution in [-0.2, 0) is 0 Å². The summed E-state index contributed by atoms with van der Waals surface area (Å²) >= 11 is 0. The Morgan fingerprint density at radius 2 is 2.17 bits per heavy atom. The van der Waals surface area contributed by atoms with E-state index in [1.165, 1.54) is 12.8 Å². The topological polar surface area (TPSA) is 55.2 Å². The van der Waals surface area contributed by atoms with Crippen molar-refractivity contribution in [2.24, 2.45) is 5.92 Å². The minimum Gasteiger partial charge on any atom is -0.382 e. The second-order valence-corrected chi connectivity index (χ2v) is 5.37. The molecule has 1 aromatic carbocycles. The van der Waals surface area contributed by atoms with Crippen LogP contribution in [0.2, 0.25) is 0 Å². The molecule has 0 heterocycles. The van der Waals surface area contributed by atoms with E-state index in [-0.39, 0.29) is 10.6 Å². The number of hydrogen-bond acceptors (Lipinski definition) is 3. The molecule has 1 saturated carbocycles. The molecule has 2 unspecified atom stereocenters. The molecule has 0 amide bonds. The number of hydrogen-bond donors (Lipinski definition) is 1. The van der Waals surface area contributed by atoms with Gasteiger partial charge in [-0.1, -0.05) is 25.8 Å². The van der Waals surface area contributed by atoms with Crippen LogP contribution in [0.4, 0.5) is 11.4 Å². The van der Waals surface area contributed by atoms with Crippen molar-refractivity contribution in [3.05, 3.63) is 33.9 Å². The summed E-state index contributed by atoms with van der Waals surface area (Å²) in [4.78, 5) is 10.4. The van der Waals surface area contributed by atoms with Crippen LogP contribution in [0.1, 0.15) is 38.2 Å². The summed E-state index contributed by atoms with van der Waals surface area (Å²) in [5.74, 6) is 0.746. The Balaban J connectivity index is 2.12. The molecular weight excluding hydrogens is 228 g/mol. The number of non-ortho nitro benzene ring substituents is 1. The molecule has 1 aliphatic carbocycles. The molecule has 2 rings (SSSR count). The first-order valence-corrected chi connectivity index (χ1v) is 6.58. The van der Waals surface area contributed by atoms with Gasteiger partial charge in [0.2, 0.25) is 0 Å². The molecule has 0 saturated heterocycles. The molecule has 1 N–H and O–H groups in total. The zero-order valence-corrected chi connectivity index (χ0v) is 11.0. The van der Waals surface area contributed by atoms with Crippen LogP contribution in [0, 0.1) is 23.0 Å². The first-order valence-electron chi connectivity index (χ1n) is 6.58. The lowest BCUT2D eigenvalue weighted by molar-refractivity contribution is -0.384. The summed E-state index contributed by atoms with van der Waals surface area (Å²) in [7, 11) is 0. The first kappa shape index (κ1) is 12.9. The fraction of sp³-hybridized carbons (Fsp3) is 0.571. The van der Waals surface area contributed by atoms with E-state index < -0.39 is 0 Å². The highest BCUT2D eigenvalue weighted by Gasteiger charge is 2.19. The molecule has 98 valence electrons. The van der Waals surface area contributed by atoms with Crippen molar-refractivity contribution in [2.45, 2.75) is 45.6 Å². The number of nitrogens with one attached hydrogen (secondary N) is 1. The molecule has 1 aliphatic rings. The van der Waals surface area contributed by atoms with Gasteiger partial charge < -0.3 is 5.32 Å². The second kappa shape index (κ2) is 5.38. The molecule has 0 radical (unpaired) electrons. The fourth-order valence-electron chi connectivity index (χ4n) is 2.66. The lowest BCUT2D eigenvalue weighted by atomic mass is 9.87. The van der Waals surface area contributed by atoms with Gasteiger partial charge in [-0.05, 0) is 31.2 Å². The number of nitro benzene ring substituents is 1. The van der Waals surface area contributed by atoms with Gasteiger partial charge >= 0.3 is 0 Å². The average Bonchev–Trinajstić information content (AvgIpc) is 2.31. The third kappa shape index (κ3) is 3.00. The Labute approximate surface area is 108 Å². The van der Waals surface area contributed by atoms with Crippen molar-refractivity contribution in [3.63, 3.8) is 0 Å². The Kier molecular flexibility index (Phi) is 3.84. The van der Waals surface area contributed by atoms with Crippen LogP contribution in [-0.4, -0.2) is 11.0 Å². The molecule has 0 spiro atoms. The van der Waals surface area contributed by atoms with E-state index >= 15 is 0 Å². The quantitative estimate of drug-likeness (QED) is 0.652. The lowest BCUT2D eigenvalue weighted by Crippen LogP contribution is -2.26. The number of nitro groups is 1. The maximum Gasteiger partial charge on any atom is 0.271 e. The van der Waals surface area contributed by atoms with Crippen molar-refractivity contribution in [3.8, 4) is 0 Å². The van der Waals surface area contributed by atoms with Gasteiger partial charge in [-0.2, -0.15) is 0 Å². The van der Waals surface area contributed by atoms with E-state index in [1.807, 2.05) is 13.0 Å². The number of benzene rings is 1. The summed E-state index contributed by atoms with van der Waals surface area (Å²) in [6.07, 6.45) is 4.85. The van der Waals surface area contributed by atoms with Crippen LogP contribution in [0.15, 0.2) is 18.2 Å². The van der Waals surface area contributed by atoms with E-state index in [9.17, 15) is 10.1 Å². The highest BCUT2D eigenvalue weighted by molar-refractivity contribution is 5.57. The molecule has 4 heteroatoms. The van der Waals surface area contributed by atoms with Gasteiger partial charge in [0.25, 0.3) is 5.69 Å². The normalized spacial score (nSPS) is 23.7. The predicted octanol–water partition coefficient (Wildman–Crippen LogP) is 3.89. The molecule has 0 aromatic heterocycles. The van der Waals surface area contributed by atoms with Crippen molar-refractivity contribution in [1.29, 1.82) is 0 Å². The van der Waals surface area contributed by atoms with Gasteiger partial charge in [0.15, 0.2) is 0 Å². The van der Waals surface area contributed by atoms with Gasteiger partial charge in [0, 0.05) is 23.9 Å². The summed E-state index contributed by atoms with van der Waals surface area (Å²) in [6, 6.07) is 5.47. The van der Waals surface area contributed by atoms with Crippen molar-refractivity contribution < 1.29 is 4.92 Å². The number of rotatable bonds is 3. The van der Waals surface area contributed by atoms with Gasteiger partial charge in [-0.3, -0.25) is 10.1 Å². The van der Waals surface area contributed by atoms with Gasteiger partial charge in [-0.25, -0.2) is 0 Å². The lowest BCUT2D eigenvalue weighted by Gasteiger charge is -2.28. The SMILES string of the molecule is Cc1ccc([N+](=O)[O-])cc1NC1CCCC(C)C1. The highest BCUT2D eigenvalue weighted by Crippen LogP contribution is 2.28. The first-order chi connectivity index (χ1) is 8.56. The average molecular weight is 248 g/mol. The van der Waals surface area contributed by atoms with E-state index in [2.05, 4.69) is 12.2 Å². The summed E-state index contributed by atoms with van der Waals surface area (Å²) in [5, 5.41) is 14.3. The van der Waals surface area contributed by atoms with Gasteiger partial charge in [0.1, 0.15) is 0 Å². The zero-order chi connectivity index (χ0) is 13.1. The van der Waals surface area contributed by atoms with E-state index in [1.54, 1.807) is 12.1 Å². The van der Waals surface area contributed by atoms with Crippen molar-refractivity contribution in [1.82, 2.24) is 0 Å². The van der Waals surface area contributed by atoms with Gasteiger partial charge in [0.05, 0.1) is 4.92 Å². The minimum absolute atomic E-state index is 0.159. The summed E-state index contributed by atoms with van der Waals surface area (Å²) in [5.41, 5.74) is 2.13. The molecule has 0 bridgehead atoms. The Morgan fingerprint density at radius 3 is 2.83 bits per heavy atom. The molecule has 4 nitrogen and oxygen atoms in total. The molecule has 2 atom stereocenters.